The van der Waals surface area contributed by atoms with E-state index in [-0.39, 0.29) is 11.6 Å². The van der Waals surface area contributed by atoms with Gasteiger partial charge in [0.1, 0.15) is 5.82 Å². The SMILES string of the molecule is C[C@H](OC1CCC(C(N)=O)C1c1ccc(F)cc1)c1cc(C(F)(F)F)cc(C(F)(F)F)c1. The molecule has 0 spiro atoms. The minimum Gasteiger partial charge on any atom is -0.370 e. The number of ether oxygens (including phenoxy) is 1. The molecular formula is C22H20F7NO2. The Balaban J connectivity index is 1.93. The van der Waals surface area contributed by atoms with Crippen molar-refractivity contribution in [3.8, 4) is 0 Å². The molecule has 1 aliphatic carbocycles. The molecule has 0 saturated heterocycles. The molecule has 174 valence electrons. The van der Waals surface area contributed by atoms with Crippen molar-refractivity contribution in [1.82, 2.24) is 0 Å². The fourth-order valence-corrected chi connectivity index (χ4v) is 4.12. The summed E-state index contributed by atoms with van der Waals surface area (Å²) in [5.41, 5.74) is 2.85. The van der Waals surface area contributed by atoms with Gasteiger partial charge in [0.05, 0.1) is 23.3 Å². The molecule has 0 bridgehead atoms. The Morgan fingerprint density at radius 2 is 1.50 bits per heavy atom. The number of nitrogens with two attached hydrogens (primary N) is 1. The normalized spacial score (nSPS) is 22.7. The van der Waals surface area contributed by atoms with E-state index in [1.54, 1.807) is 0 Å². The Kier molecular flexibility index (Phi) is 6.55. The topological polar surface area (TPSA) is 52.3 Å². The van der Waals surface area contributed by atoms with E-state index in [2.05, 4.69) is 0 Å². The highest BCUT2D eigenvalue weighted by Gasteiger charge is 2.42. The predicted octanol–water partition coefficient (Wildman–Crippen LogP) is 5.99. The van der Waals surface area contributed by atoms with Gasteiger partial charge < -0.3 is 10.5 Å². The lowest BCUT2D eigenvalue weighted by atomic mass is 9.87. The van der Waals surface area contributed by atoms with Crippen LogP contribution in [0.25, 0.3) is 0 Å². The second-order valence-electron chi connectivity index (χ2n) is 7.82. The number of amides is 1. The summed E-state index contributed by atoms with van der Waals surface area (Å²) in [6.07, 6.45) is -11.2. The largest absolute Gasteiger partial charge is 0.416 e. The molecule has 1 amide bonds. The fraction of sp³-hybridized carbons (Fsp3) is 0.409. The van der Waals surface area contributed by atoms with Crippen molar-refractivity contribution in [3.05, 3.63) is 70.5 Å². The van der Waals surface area contributed by atoms with E-state index < -0.39 is 59.2 Å². The van der Waals surface area contributed by atoms with Crippen molar-refractivity contribution < 1.29 is 40.3 Å². The second kappa shape index (κ2) is 8.73. The molecule has 4 atom stereocenters. The van der Waals surface area contributed by atoms with Gasteiger partial charge >= 0.3 is 12.4 Å². The third kappa shape index (κ3) is 5.23. The molecule has 0 aromatic heterocycles. The highest BCUT2D eigenvalue weighted by atomic mass is 19.4. The van der Waals surface area contributed by atoms with Crippen molar-refractivity contribution in [2.75, 3.05) is 0 Å². The number of halogens is 7. The summed E-state index contributed by atoms with van der Waals surface area (Å²) in [5, 5.41) is 0. The van der Waals surface area contributed by atoms with E-state index in [0.29, 0.717) is 30.5 Å². The lowest BCUT2D eigenvalue weighted by Crippen LogP contribution is -2.30. The van der Waals surface area contributed by atoms with E-state index in [1.165, 1.54) is 31.2 Å². The summed E-state index contributed by atoms with van der Waals surface area (Å²) in [5.74, 6) is -2.39. The molecule has 1 fully saturated rings. The smallest absolute Gasteiger partial charge is 0.370 e. The van der Waals surface area contributed by atoms with Gasteiger partial charge in [0.25, 0.3) is 0 Å². The zero-order valence-electron chi connectivity index (χ0n) is 16.8. The van der Waals surface area contributed by atoms with Crippen molar-refractivity contribution >= 4 is 5.91 Å². The Morgan fingerprint density at radius 3 is 1.97 bits per heavy atom. The number of alkyl halides is 6. The van der Waals surface area contributed by atoms with Crippen molar-refractivity contribution in [3.63, 3.8) is 0 Å². The van der Waals surface area contributed by atoms with Gasteiger partial charge in [0.15, 0.2) is 0 Å². The standard InChI is InChI=1S/C22H20F7NO2/c1-11(13-8-14(21(24,25)26)10-15(9-13)22(27,28)29)32-18-7-6-17(20(30)31)19(18)12-2-4-16(23)5-3-12/h2-5,8-11,17-19H,6-7H2,1H3,(H2,30,31)/t11-,17?,18?,19?/m0/s1. The van der Waals surface area contributed by atoms with Gasteiger partial charge in [-0.15, -0.1) is 0 Å². The maximum Gasteiger partial charge on any atom is 0.416 e. The molecule has 3 nitrogen and oxygen atoms in total. The highest BCUT2D eigenvalue weighted by Crippen LogP contribution is 2.44. The van der Waals surface area contributed by atoms with Gasteiger partial charge in [-0.3, -0.25) is 4.79 Å². The van der Waals surface area contributed by atoms with Crippen LogP contribution in [0.15, 0.2) is 42.5 Å². The molecule has 0 aliphatic heterocycles. The number of hydrogen-bond acceptors (Lipinski definition) is 2. The van der Waals surface area contributed by atoms with Crippen molar-refractivity contribution in [1.29, 1.82) is 0 Å². The minimum absolute atomic E-state index is 0.0518. The Hall–Kier alpha value is -2.62. The van der Waals surface area contributed by atoms with Crippen LogP contribution in [-0.4, -0.2) is 12.0 Å². The predicted molar refractivity (Wildman–Crippen MR) is 101 cm³/mol. The molecule has 2 aromatic carbocycles. The highest BCUT2D eigenvalue weighted by molar-refractivity contribution is 5.78. The Labute approximate surface area is 179 Å². The third-order valence-electron chi connectivity index (χ3n) is 5.67. The summed E-state index contributed by atoms with van der Waals surface area (Å²) in [6.45, 7) is 1.34. The maximum atomic E-state index is 13.3. The lowest BCUT2D eigenvalue weighted by Gasteiger charge is -2.28. The average molecular weight is 463 g/mol. The molecular weight excluding hydrogens is 443 g/mol. The van der Waals surface area contributed by atoms with Crippen LogP contribution in [0.2, 0.25) is 0 Å². The summed E-state index contributed by atoms with van der Waals surface area (Å²) < 4.78 is 98.2. The molecule has 0 radical (unpaired) electrons. The molecule has 1 aliphatic rings. The third-order valence-corrected chi connectivity index (χ3v) is 5.67. The van der Waals surface area contributed by atoms with Crippen LogP contribution in [0.3, 0.4) is 0 Å². The van der Waals surface area contributed by atoms with E-state index in [1.807, 2.05) is 0 Å². The first-order valence-corrected chi connectivity index (χ1v) is 9.77. The number of primary amides is 1. The number of benzene rings is 2. The summed E-state index contributed by atoms with van der Waals surface area (Å²) >= 11 is 0. The second-order valence-corrected chi connectivity index (χ2v) is 7.82. The number of hydrogen-bond donors (Lipinski definition) is 1. The molecule has 2 aromatic rings. The monoisotopic (exact) mass is 463 g/mol. The summed E-state index contributed by atoms with van der Waals surface area (Å²) in [4.78, 5) is 11.9. The molecule has 1 saturated carbocycles. The van der Waals surface area contributed by atoms with Gasteiger partial charge in [0.2, 0.25) is 5.91 Å². The van der Waals surface area contributed by atoms with Gasteiger partial charge in [-0.05, 0) is 61.2 Å². The molecule has 3 rings (SSSR count). The lowest BCUT2D eigenvalue weighted by molar-refractivity contribution is -0.143. The van der Waals surface area contributed by atoms with Crippen LogP contribution in [0, 0.1) is 11.7 Å². The van der Waals surface area contributed by atoms with Crippen LogP contribution in [-0.2, 0) is 21.9 Å². The van der Waals surface area contributed by atoms with Crippen molar-refractivity contribution in [2.45, 2.75) is 50.2 Å². The molecule has 32 heavy (non-hydrogen) atoms. The van der Waals surface area contributed by atoms with Crippen molar-refractivity contribution in [2.24, 2.45) is 11.7 Å². The zero-order chi connectivity index (χ0) is 23.8. The molecule has 10 heteroatoms. The molecule has 0 heterocycles. The summed E-state index contributed by atoms with van der Waals surface area (Å²) in [6, 6.07) is 6.57. The average Bonchev–Trinajstić information content (AvgIpc) is 3.10. The van der Waals surface area contributed by atoms with Crippen LogP contribution >= 0.6 is 0 Å². The number of carbonyl (C=O) groups is 1. The number of rotatable bonds is 5. The first-order chi connectivity index (χ1) is 14.8. The maximum absolute atomic E-state index is 13.3. The Bertz CT molecular complexity index is 937. The number of carbonyl (C=O) groups excluding carboxylic acids is 1. The Morgan fingerprint density at radius 1 is 0.969 bits per heavy atom. The molecule has 3 unspecified atom stereocenters. The zero-order valence-corrected chi connectivity index (χ0v) is 16.8. The van der Waals surface area contributed by atoms with E-state index in [9.17, 15) is 35.5 Å². The van der Waals surface area contributed by atoms with E-state index >= 15 is 0 Å². The van der Waals surface area contributed by atoms with Crippen LogP contribution in [0.4, 0.5) is 30.7 Å². The van der Waals surface area contributed by atoms with Crippen LogP contribution in [0.1, 0.15) is 54.0 Å². The quantitative estimate of drug-likeness (QED) is 0.554. The van der Waals surface area contributed by atoms with Gasteiger partial charge in [-0.25, -0.2) is 4.39 Å². The minimum atomic E-state index is -4.98. The van der Waals surface area contributed by atoms with Gasteiger partial charge in [-0.1, -0.05) is 12.1 Å². The van der Waals surface area contributed by atoms with E-state index in [0.717, 1.165) is 0 Å². The first-order valence-electron chi connectivity index (χ1n) is 9.77. The van der Waals surface area contributed by atoms with E-state index in [4.69, 9.17) is 10.5 Å². The van der Waals surface area contributed by atoms with Crippen LogP contribution in [0.5, 0.6) is 0 Å². The first kappa shape index (κ1) is 24.0. The van der Waals surface area contributed by atoms with Crippen LogP contribution < -0.4 is 5.73 Å². The van der Waals surface area contributed by atoms with Gasteiger partial charge in [0, 0.05) is 11.8 Å². The summed E-state index contributed by atoms with van der Waals surface area (Å²) in [7, 11) is 0. The molecule has 2 N–H and O–H groups in total. The fourth-order valence-electron chi connectivity index (χ4n) is 4.12. The van der Waals surface area contributed by atoms with Gasteiger partial charge in [-0.2, -0.15) is 26.3 Å².